The molecule has 6 rings (SSSR count). The average Bonchev–Trinajstić information content (AvgIpc) is 3.42. The SMILES string of the molecule is Cn1cc(-c2ccc3[nH]c4nc(N)nc(NC5CCC(N6CCOCC6)CC5)c4c3c2)cn1. The highest BCUT2D eigenvalue weighted by molar-refractivity contribution is 6.12. The first-order valence-corrected chi connectivity index (χ1v) is 11.8. The molecule has 9 nitrogen and oxygen atoms in total. The van der Waals surface area contributed by atoms with Gasteiger partial charge in [-0.2, -0.15) is 15.1 Å². The predicted molar refractivity (Wildman–Crippen MR) is 130 cm³/mol. The molecule has 0 bridgehead atoms. The molecule has 0 amide bonds. The molecule has 4 aromatic rings. The standard InChI is InChI=1S/C24H30N8O/c1-31-14-16(13-26-31)15-2-7-20-19(12-15)21-22(29-24(25)30-23(21)28-20)27-17-3-5-18(6-4-17)32-8-10-33-11-9-32/h2,7,12-14,17-18H,3-6,8-11H2,1H3,(H4,25,27,28,29,30). The van der Waals surface area contributed by atoms with Gasteiger partial charge in [-0.1, -0.05) is 6.07 Å². The summed E-state index contributed by atoms with van der Waals surface area (Å²) in [5, 5.41) is 10.1. The summed E-state index contributed by atoms with van der Waals surface area (Å²) in [6.07, 6.45) is 8.54. The molecule has 1 saturated carbocycles. The predicted octanol–water partition coefficient (Wildman–Crippen LogP) is 3.15. The van der Waals surface area contributed by atoms with Gasteiger partial charge < -0.3 is 20.8 Å². The third-order valence-electron chi connectivity index (χ3n) is 7.11. The van der Waals surface area contributed by atoms with E-state index in [9.17, 15) is 0 Å². The van der Waals surface area contributed by atoms with Crippen molar-refractivity contribution in [1.29, 1.82) is 0 Å². The van der Waals surface area contributed by atoms with Gasteiger partial charge in [-0.15, -0.1) is 0 Å². The first-order chi connectivity index (χ1) is 16.1. The number of fused-ring (bicyclic) bond motifs is 3. The second kappa shape index (κ2) is 8.31. The Morgan fingerprint density at radius 3 is 2.67 bits per heavy atom. The second-order valence-corrected chi connectivity index (χ2v) is 9.24. The van der Waals surface area contributed by atoms with Crippen LogP contribution in [0.5, 0.6) is 0 Å². The fourth-order valence-electron chi connectivity index (χ4n) is 5.39. The number of nitrogens with zero attached hydrogens (tertiary/aromatic N) is 5. The zero-order valence-electron chi connectivity index (χ0n) is 18.9. The van der Waals surface area contributed by atoms with Crippen LogP contribution >= 0.6 is 0 Å². The normalized spacial score (nSPS) is 22.2. The molecule has 9 heteroatoms. The summed E-state index contributed by atoms with van der Waals surface area (Å²) in [7, 11) is 1.93. The van der Waals surface area contributed by atoms with E-state index >= 15 is 0 Å². The van der Waals surface area contributed by atoms with Crippen LogP contribution in [0.3, 0.4) is 0 Å². The maximum Gasteiger partial charge on any atom is 0.223 e. The molecule has 0 spiro atoms. The molecule has 1 aliphatic heterocycles. The summed E-state index contributed by atoms with van der Waals surface area (Å²) in [4.78, 5) is 15.1. The zero-order chi connectivity index (χ0) is 22.4. The number of morpholine rings is 1. The van der Waals surface area contributed by atoms with Crippen molar-refractivity contribution in [2.24, 2.45) is 7.05 Å². The van der Waals surface area contributed by atoms with Crippen LogP contribution in [-0.4, -0.2) is 68.0 Å². The van der Waals surface area contributed by atoms with Crippen molar-refractivity contribution in [1.82, 2.24) is 29.6 Å². The molecule has 4 heterocycles. The van der Waals surface area contributed by atoms with Crippen LogP contribution in [0.1, 0.15) is 25.7 Å². The highest BCUT2D eigenvalue weighted by Crippen LogP contribution is 2.35. The van der Waals surface area contributed by atoms with E-state index < -0.39 is 0 Å². The molecule has 0 unspecified atom stereocenters. The summed E-state index contributed by atoms with van der Waals surface area (Å²) < 4.78 is 7.34. The molecule has 1 aliphatic carbocycles. The number of anilines is 2. The summed E-state index contributed by atoms with van der Waals surface area (Å²) in [5.41, 5.74) is 10.1. The maximum atomic E-state index is 6.08. The Bertz CT molecular complexity index is 1280. The second-order valence-electron chi connectivity index (χ2n) is 9.24. The Morgan fingerprint density at radius 2 is 1.91 bits per heavy atom. The number of H-pyrrole nitrogens is 1. The van der Waals surface area contributed by atoms with Gasteiger partial charge in [0.2, 0.25) is 5.95 Å². The van der Waals surface area contributed by atoms with E-state index in [-0.39, 0.29) is 5.95 Å². The molecule has 3 aromatic heterocycles. The topological polar surface area (TPSA) is 110 Å². The monoisotopic (exact) mass is 446 g/mol. The van der Waals surface area contributed by atoms with E-state index in [0.29, 0.717) is 12.1 Å². The van der Waals surface area contributed by atoms with E-state index in [4.69, 9.17) is 10.5 Å². The third kappa shape index (κ3) is 3.91. The lowest BCUT2D eigenvalue weighted by Gasteiger charge is -2.39. The number of hydrogen-bond donors (Lipinski definition) is 3. The van der Waals surface area contributed by atoms with Crippen LogP contribution < -0.4 is 11.1 Å². The van der Waals surface area contributed by atoms with Gasteiger partial charge in [0.05, 0.1) is 24.8 Å². The van der Waals surface area contributed by atoms with Crippen LogP contribution in [-0.2, 0) is 11.8 Å². The van der Waals surface area contributed by atoms with Crippen molar-refractivity contribution in [3.8, 4) is 11.1 Å². The van der Waals surface area contributed by atoms with Crippen molar-refractivity contribution in [3.63, 3.8) is 0 Å². The number of ether oxygens (including phenoxy) is 1. The van der Waals surface area contributed by atoms with Crippen molar-refractivity contribution < 1.29 is 4.74 Å². The number of nitrogens with two attached hydrogens (primary N) is 1. The molecular weight excluding hydrogens is 416 g/mol. The number of hydrogen-bond acceptors (Lipinski definition) is 7. The van der Waals surface area contributed by atoms with Crippen LogP contribution in [0.4, 0.5) is 11.8 Å². The van der Waals surface area contributed by atoms with Gasteiger partial charge in [-0.25, -0.2) is 0 Å². The minimum atomic E-state index is 0.283. The molecule has 0 atom stereocenters. The number of aromatic amines is 1. The Balaban J connectivity index is 1.29. The molecule has 1 aromatic carbocycles. The molecule has 4 N–H and O–H groups in total. The molecule has 2 aliphatic rings. The minimum absolute atomic E-state index is 0.283. The van der Waals surface area contributed by atoms with E-state index in [1.807, 2.05) is 24.1 Å². The number of aryl methyl sites for hydroxylation is 1. The molecule has 0 radical (unpaired) electrons. The lowest BCUT2D eigenvalue weighted by Crippen LogP contribution is -2.46. The number of rotatable bonds is 4. The zero-order valence-corrected chi connectivity index (χ0v) is 18.9. The van der Waals surface area contributed by atoms with Crippen molar-refractivity contribution in [2.75, 3.05) is 37.4 Å². The summed E-state index contributed by atoms with van der Waals surface area (Å²) in [5.74, 6) is 1.10. The minimum Gasteiger partial charge on any atom is -0.379 e. The summed E-state index contributed by atoms with van der Waals surface area (Å²) in [6, 6.07) is 7.42. The van der Waals surface area contributed by atoms with Gasteiger partial charge in [0.15, 0.2) is 0 Å². The summed E-state index contributed by atoms with van der Waals surface area (Å²) >= 11 is 0. The van der Waals surface area contributed by atoms with Gasteiger partial charge in [0.25, 0.3) is 0 Å². The fraction of sp³-hybridized carbons (Fsp3) is 0.458. The summed E-state index contributed by atoms with van der Waals surface area (Å²) in [6.45, 7) is 3.83. The quantitative estimate of drug-likeness (QED) is 0.442. The largest absolute Gasteiger partial charge is 0.379 e. The Morgan fingerprint density at radius 1 is 1.09 bits per heavy atom. The van der Waals surface area contributed by atoms with Crippen LogP contribution in [0.2, 0.25) is 0 Å². The lowest BCUT2D eigenvalue weighted by atomic mass is 9.90. The smallest absolute Gasteiger partial charge is 0.223 e. The molecule has 2 fully saturated rings. The highest BCUT2D eigenvalue weighted by Gasteiger charge is 2.27. The van der Waals surface area contributed by atoms with Gasteiger partial charge >= 0.3 is 0 Å². The Labute approximate surface area is 192 Å². The number of aromatic nitrogens is 5. The van der Waals surface area contributed by atoms with Crippen molar-refractivity contribution >= 4 is 33.7 Å². The first kappa shape index (κ1) is 20.4. The van der Waals surface area contributed by atoms with Gasteiger partial charge in [-0.3, -0.25) is 9.58 Å². The Kier molecular flexibility index (Phi) is 5.15. The maximum absolute atomic E-state index is 6.08. The Hall–Kier alpha value is -3.17. The lowest BCUT2D eigenvalue weighted by molar-refractivity contribution is 0.00791. The van der Waals surface area contributed by atoms with Gasteiger partial charge in [0.1, 0.15) is 11.5 Å². The fourth-order valence-corrected chi connectivity index (χ4v) is 5.39. The van der Waals surface area contributed by atoms with E-state index in [1.54, 1.807) is 0 Å². The molecule has 172 valence electrons. The van der Waals surface area contributed by atoms with Crippen molar-refractivity contribution in [2.45, 2.75) is 37.8 Å². The first-order valence-electron chi connectivity index (χ1n) is 11.8. The van der Waals surface area contributed by atoms with Crippen LogP contribution in [0.25, 0.3) is 33.1 Å². The van der Waals surface area contributed by atoms with Gasteiger partial charge in [-0.05, 0) is 43.4 Å². The molecule has 1 saturated heterocycles. The van der Waals surface area contributed by atoms with Crippen LogP contribution in [0, 0.1) is 0 Å². The average molecular weight is 447 g/mol. The molecular formula is C24H30N8O. The highest BCUT2D eigenvalue weighted by atomic mass is 16.5. The number of nitrogens with one attached hydrogen (secondary N) is 2. The van der Waals surface area contributed by atoms with E-state index in [1.165, 1.54) is 12.8 Å². The molecule has 33 heavy (non-hydrogen) atoms. The van der Waals surface area contributed by atoms with E-state index in [0.717, 1.165) is 78.0 Å². The van der Waals surface area contributed by atoms with Crippen LogP contribution in [0.15, 0.2) is 30.6 Å². The number of benzene rings is 1. The van der Waals surface area contributed by atoms with Crippen molar-refractivity contribution in [3.05, 3.63) is 30.6 Å². The van der Waals surface area contributed by atoms with Gasteiger partial charge in [0, 0.05) is 54.9 Å². The third-order valence-corrected chi connectivity index (χ3v) is 7.11. The van der Waals surface area contributed by atoms with E-state index in [2.05, 4.69) is 48.5 Å². The number of nitrogen functional groups attached to an aromatic ring is 1.